The molecule has 1 aromatic carbocycles. The Bertz CT molecular complexity index is 347. The summed E-state index contributed by atoms with van der Waals surface area (Å²) < 4.78 is 1.20. The van der Waals surface area contributed by atoms with E-state index >= 15 is 0 Å². The third kappa shape index (κ3) is 4.44. The van der Waals surface area contributed by atoms with Crippen LogP contribution in [-0.4, -0.2) is 13.1 Å². The standard InChI is InChI=1S/C15H22BrN/c1-2-8-17-11-14(13-6-7-13)9-12-4-3-5-15(16)10-12/h3-5,10,13-14,17H,2,6-9,11H2,1H3. The largest absolute Gasteiger partial charge is 0.316 e. The molecule has 94 valence electrons. The summed E-state index contributed by atoms with van der Waals surface area (Å²) in [6, 6.07) is 8.75. The molecule has 17 heavy (non-hydrogen) atoms. The minimum atomic E-state index is 0.829. The molecule has 0 amide bonds. The summed E-state index contributed by atoms with van der Waals surface area (Å²) in [5, 5.41) is 3.58. The van der Waals surface area contributed by atoms with Gasteiger partial charge in [-0.2, -0.15) is 0 Å². The molecule has 0 heterocycles. The molecule has 0 radical (unpaired) electrons. The minimum absolute atomic E-state index is 0.829. The lowest BCUT2D eigenvalue weighted by Crippen LogP contribution is -2.26. The molecule has 1 saturated carbocycles. The van der Waals surface area contributed by atoms with Gasteiger partial charge in [0.15, 0.2) is 0 Å². The number of halogens is 1. The average molecular weight is 296 g/mol. The first-order chi connectivity index (χ1) is 8.29. The lowest BCUT2D eigenvalue weighted by molar-refractivity contribution is 0.424. The van der Waals surface area contributed by atoms with Gasteiger partial charge in [-0.25, -0.2) is 0 Å². The van der Waals surface area contributed by atoms with Gasteiger partial charge in [-0.3, -0.25) is 0 Å². The lowest BCUT2D eigenvalue weighted by Gasteiger charge is -2.17. The zero-order chi connectivity index (χ0) is 12.1. The van der Waals surface area contributed by atoms with Gasteiger partial charge in [0.1, 0.15) is 0 Å². The molecule has 0 aromatic heterocycles. The summed E-state index contributed by atoms with van der Waals surface area (Å²) in [4.78, 5) is 0. The molecule has 2 rings (SSSR count). The van der Waals surface area contributed by atoms with E-state index in [9.17, 15) is 0 Å². The predicted octanol–water partition coefficient (Wildman–Crippen LogP) is 4.02. The van der Waals surface area contributed by atoms with Crippen molar-refractivity contribution >= 4 is 15.9 Å². The van der Waals surface area contributed by atoms with Gasteiger partial charge in [0.2, 0.25) is 0 Å². The quantitative estimate of drug-likeness (QED) is 0.749. The van der Waals surface area contributed by atoms with Crippen molar-refractivity contribution in [3.63, 3.8) is 0 Å². The molecule has 0 bridgehead atoms. The molecule has 1 aliphatic carbocycles. The fourth-order valence-electron chi connectivity index (χ4n) is 2.40. The zero-order valence-electron chi connectivity index (χ0n) is 10.6. The SMILES string of the molecule is CCCNCC(Cc1cccc(Br)c1)C1CC1. The second kappa shape index (κ2) is 6.55. The molecule has 0 aliphatic heterocycles. The molecule has 1 atom stereocenters. The zero-order valence-corrected chi connectivity index (χ0v) is 12.2. The summed E-state index contributed by atoms with van der Waals surface area (Å²) in [6.45, 7) is 4.57. The van der Waals surface area contributed by atoms with Crippen LogP contribution in [0.15, 0.2) is 28.7 Å². The Hall–Kier alpha value is -0.340. The van der Waals surface area contributed by atoms with Crippen molar-refractivity contribution in [1.29, 1.82) is 0 Å². The van der Waals surface area contributed by atoms with E-state index in [1.807, 2.05) is 0 Å². The molecule has 1 unspecified atom stereocenters. The molecular weight excluding hydrogens is 274 g/mol. The molecule has 1 aliphatic rings. The maximum atomic E-state index is 3.58. The summed E-state index contributed by atoms with van der Waals surface area (Å²) in [7, 11) is 0. The Morgan fingerprint density at radius 1 is 1.41 bits per heavy atom. The van der Waals surface area contributed by atoms with Crippen molar-refractivity contribution in [3.8, 4) is 0 Å². The van der Waals surface area contributed by atoms with Crippen LogP contribution in [-0.2, 0) is 6.42 Å². The van der Waals surface area contributed by atoms with Crippen LogP contribution in [0, 0.1) is 11.8 Å². The van der Waals surface area contributed by atoms with Crippen molar-refractivity contribution in [1.82, 2.24) is 5.32 Å². The second-order valence-electron chi connectivity index (χ2n) is 5.14. The fourth-order valence-corrected chi connectivity index (χ4v) is 2.85. The first-order valence-corrected chi connectivity index (χ1v) is 7.54. The van der Waals surface area contributed by atoms with Gasteiger partial charge < -0.3 is 5.32 Å². The van der Waals surface area contributed by atoms with E-state index in [0.29, 0.717) is 0 Å². The van der Waals surface area contributed by atoms with Crippen LogP contribution >= 0.6 is 15.9 Å². The molecular formula is C15H22BrN. The Morgan fingerprint density at radius 3 is 2.88 bits per heavy atom. The fraction of sp³-hybridized carbons (Fsp3) is 0.600. The van der Waals surface area contributed by atoms with Crippen LogP contribution in [0.1, 0.15) is 31.7 Å². The smallest absolute Gasteiger partial charge is 0.0177 e. The van der Waals surface area contributed by atoms with Gasteiger partial charge in [-0.05, 0) is 68.3 Å². The highest BCUT2D eigenvalue weighted by molar-refractivity contribution is 9.10. The van der Waals surface area contributed by atoms with Crippen LogP contribution < -0.4 is 5.32 Å². The number of nitrogens with one attached hydrogen (secondary N) is 1. The summed E-state index contributed by atoms with van der Waals surface area (Å²) in [5.74, 6) is 1.80. The molecule has 0 spiro atoms. The van der Waals surface area contributed by atoms with Crippen molar-refractivity contribution in [2.45, 2.75) is 32.6 Å². The highest BCUT2D eigenvalue weighted by Gasteiger charge is 2.30. The van der Waals surface area contributed by atoms with Crippen molar-refractivity contribution in [3.05, 3.63) is 34.3 Å². The van der Waals surface area contributed by atoms with Crippen LogP contribution in [0.25, 0.3) is 0 Å². The van der Waals surface area contributed by atoms with E-state index < -0.39 is 0 Å². The van der Waals surface area contributed by atoms with Crippen molar-refractivity contribution in [2.75, 3.05) is 13.1 Å². The lowest BCUT2D eigenvalue weighted by atomic mass is 9.94. The third-order valence-electron chi connectivity index (χ3n) is 3.51. The molecule has 0 saturated heterocycles. The maximum Gasteiger partial charge on any atom is 0.0177 e. The van der Waals surface area contributed by atoms with Crippen LogP contribution in [0.2, 0.25) is 0 Å². The van der Waals surface area contributed by atoms with E-state index in [1.54, 1.807) is 0 Å². The van der Waals surface area contributed by atoms with Crippen molar-refractivity contribution < 1.29 is 0 Å². The van der Waals surface area contributed by atoms with Crippen LogP contribution in [0.5, 0.6) is 0 Å². The summed E-state index contributed by atoms with van der Waals surface area (Å²) >= 11 is 3.55. The summed E-state index contributed by atoms with van der Waals surface area (Å²) in [6.07, 6.45) is 5.33. The first-order valence-electron chi connectivity index (χ1n) is 6.74. The monoisotopic (exact) mass is 295 g/mol. The van der Waals surface area contributed by atoms with Crippen LogP contribution in [0.3, 0.4) is 0 Å². The molecule has 1 aromatic rings. The van der Waals surface area contributed by atoms with Crippen molar-refractivity contribution in [2.24, 2.45) is 11.8 Å². The van der Waals surface area contributed by atoms with Gasteiger partial charge in [-0.15, -0.1) is 0 Å². The Kier molecular flexibility index (Phi) is 5.05. The minimum Gasteiger partial charge on any atom is -0.316 e. The van der Waals surface area contributed by atoms with E-state index in [1.165, 1.54) is 42.3 Å². The summed E-state index contributed by atoms with van der Waals surface area (Å²) in [5.41, 5.74) is 1.47. The molecule has 1 nitrogen and oxygen atoms in total. The van der Waals surface area contributed by atoms with Gasteiger partial charge in [0.25, 0.3) is 0 Å². The number of benzene rings is 1. The maximum absolute atomic E-state index is 3.58. The van der Waals surface area contributed by atoms with Gasteiger partial charge >= 0.3 is 0 Å². The highest BCUT2D eigenvalue weighted by atomic mass is 79.9. The Labute approximate surface area is 113 Å². The molecule has 1 fully saturated rings. The van der Waals surface area contributed by atoms with E-state index in [0.717, 1.165) is 18.4 Å². The number of hydrogen-bond acceptors (Lipinski definition) is 1. The van der Waals surface area contributed by atoms with Gasteiger partial charge in [0, 0.05) is 4.47 Å². The Balaban J connectivity index is 1.88. The highest BCUT2D eigenvalue weighted by Crippen LogP contribution is 2.38. The molecule has 2 heteroatoms. The normalized spacial score (nSPS) is 17.1. The van der Waals surface area contributed by atoms with E-state index in [2.05, 4.69) is 52.4 Å². The van der Waals surface area contributed by atoms with Crippen LogP contribution in [0.4, 0.5) is 0 Å². The van der Waals surface area contributed by atoms with E-state index in [-0.39, 0.29) is 0 Å². The first kappa shape index (κ1) is 13.1. The predicted molar refractivity (Wildman–Crippen MR) is 77.2 cm³/mol. The van der Waals surface area contributed by atoms with Gasteiger partial charge in [0.05, 0.1) is 0 Å². The number of rotatable bonds is 7. The number of hydrogen-bond donors (Lipinski definition) is 1. The van der Waals surface area contributed by atoms with E-state index in [4.69, 9.17) is 0 Å². The Morgan fingerprint density at radius 2 is 2.24 bits per heavy atom. The topological polar surface area (TPSA) is 12.0 Å². The second-order valence-corrected chi connectivity index (χ2v) is 6.05. The molecule has 1 N–H and O–H groups in total. The van der Waals surface area contributed by atoms with Gasteiger partial charge in [-0.1, -0.05) is 35.0 Å². The average Bonchev–Trinajstić information content (AvgIpc) is 3.12. The third-order valence-corrected chi connectivity index (χ3v) is 4.00.